The Morgan fingerprint density at radius 2 is 2.05 bits per heavy atom. The summed E-state index contributed by atoms with van der Waals surface area (Å²) >= 11 is 0. The Bertz CT molecular complexity index is 447. The minimum absolute atomic E-state index is 0.0996. The monoisotopic (exact) mass is 280 g/mol. The molecule has 20 heavy (non-hydrogen) atoms. The molecule has 0 fully saturated rings. The Morgan fingerprint density at radius 3 is 2.60 bits per heavy atom. The predicted octanol–water partition coefficient (Wildman–Crippen LogP) is 2.41. The van der Waals surface area contributed by atoms with Crippen LogP contribution in [-0.2, 0) is 4.79 Å². The van der Waals surface area contributed by atoms with Crippen LogP contribution < -0.4 is 20.5 Å². The fourth-order valence-electron chi connectivity index (χ4n) is 1.68. The number of nitrogens with two attached hydrogens (primary N) is 1. The minimum atomic E-state index is -0.139. The molecule has 112 valence electrons. The van der Waals surface area contributed by atoms with Crippen LogP contribution in [0.25, 0.3) is 0 Å². The van der Waals surface area contributed by atoms with E-state index in [1.54, 1.807) is 25.3 Å². The number of ether oxygens (including phenoxy) is 2. The lowest BCUT2D eigenvalue weighted by Crippen LogP contribution is -2.31. The van der Waals surface area contributed by atoms with Gasteiger partial charge in [0.15, 0.2) is 11.5 Å². The third-order valence-corrected chi connectivity index (χ3v) is 3.02. The van der Waals surface area contributed by atoms with E-state index in [0.29, 0.717) is 30.2 Å². The van der Waals surface area contributed by atoms with E-state index >= 15 is 0 Å². The molecule has 0 bridgehead atoms. The summed E-state index contributed by atoms with van der Waals surface area (Å²) in [6, 6.07) is 5.16. The van der Waals surface area contributed by atoms with Crippen molar-refractivity contribution in [3.8, 4) is 11.5 Å². The lowest BCUT2D eigenvalue weighted by molar-refractivity contribution is -0.116. The number of carbonyl (C=O) groups is 1. The molecule has 0 saturated heterocycles. The number of methoxy groups -OCH3 is 1. The summed E-state index contributed by atoms with van der Waals surface area (Å²) in [5, 5.41) is 2.82. The summed E-state index contributed by atoms with van der Waals surface area (Å²) < 4.78 is 10.7. The second kappa shape index (κ2) is 7.75. The normalized spacial score (nSPS) is 12.1. The third-order valence-electron chi connectivity index (χ3n) is 3.02. The number of hydrogen-bond donors (Lipinski definition) is 2. The van der Waals surface area contributed by atoms with Gasteiger partial charge in [-0.25, -0.2) is 0 Å². The molecular formula is C15H24N2O3. The smallest absolute Gasteiger partial charge is 0.225 e. The van der Waals surface area contributed by atoms with E-state index in [2.05, 4.69) is 5.32 Å². The lowest BCUT2D eigenvalue weighted by atomic mass is 10.0. The van der Waals surface area contributed by atoms with Crippen molar-refractivity contribution in [3.05, 3.63) is 18.2 Å². The van der Waals surface area contributed by atoms with Gasteiger partial charge in [-0.05, 0) is 25.0 Å². The molecule has 1 rings (SSSR count). The molecule has 1 amide bonds. The van der Waals surface area contributed by atoms with Gasteiger partial charge in [-0.15, -0.1) is 0 Å². The van der Waals surface area contributed by atoms with Gasteiger partial charge in [0, 0.05) is 24.2 Å². The predicted molar refractivity (Wildman–Crippen MR) is 80.2 cm³/mol. The molecule has 5 nitrogen and oxygen atoms in total. The molecule has 0 aliphatic heterocycles. The number of amides is 1. The molecule has 0 aromatic heterocycles. The highest BCUT2D eigenvalue weighted by atomic mass is 16.5. The molecule has 0 heterocycles. The van der Waals surface area contributed by atoms with Gasteiger partial charge in [-0.2, -0.15) is 0 Å². The molecule has 0 radical (unpaired) electrons. The van der Waals surface area contributed by atoms with Gasteiger partial charge in [0.05, 0.1) is 13.7 Å². The number of carbonyl (C=O) groups excluding carboxylic acids is 1. The van der Waals surface area contributed by atoms with Crippen molar-refractivity contribution in [1.29, 1.82) is 0 Å². The summed E-state index contributed by atoms with van der Waals surface area (Å²) in [6.07, 6.45) is 0.299. The fourth-order valence-corrected chi connectivity index (χ4v) is 1.68. The molecule has 3 N–H and O–H groups in total. The highest BCUT2D eigenvalue weighted by Gasteiger charge is 2.14. The molecule has 0 aliphatic carbocycles. The number of benzene rings is 1. The topological polar surface area (TPSA) is 73.6 Å². The summed E-state index contributed by atoms with van der Waals surface area (Å²) in [7, 11) is 1.57. The second-order valence-electron chi connectivity index (χ2n) is 4.96. The van der Waals surface area contributed by atoms with Crippen LogP contribution in [0.5, 0.6) is 11.5 Å². The lowest BCUT2D eigenvalue weighted by Gasteiger charge is -2.16. The van der Waals surface area contributed by atoms with Gasteiger partial charge in [0.25, 0.3) is 0 Å². The van der Waals surface area contributed by atoms with E-state index in [1.807, 2.05) is 20.8 Å². The van der Waals surface area contributed by atoms with Gasteiger partial charge >= 0.3 is 0 Å². The number of nitrogens with one attached hydrogen (secondary N) is 1. The van der Waals surface area contributed by atoms with Crippen LogP contribution in [0.1, 0.15) is 27.2 Å². The van der Waals surface area contributed by atoms with E-state index in [4.69, 9.17) is 15.2 Å². The highest BCUT2D eigenvalue weighted by molar-refractivity contribution is 5.91. The van der Waals surface area contributed by atoms with Crippen molar-refractivity contribution in [2.24, 2.45) is 11.7 Å². The van der Waals surface area contributed by atoms with Gasteiger partial charge in [0.1, 0.15) is 0 Å². The van der Waals surface area contributed by atoms with Crippen LogP contribution in [0, 0.1) is 5.92 Å². The fraction of sp³-hybridized carbons (Fsp3) is 0.533. The van der Waals surface area contributed by atoms with Crippen LogP contribution in [0.15, 0.2) is 18.2 Å². The Hall–Kier alpha value is -1.75. The first-order valence-corrected chi connectivity index (χ1v) is 6.84. The van der Waals surface area contributed by atoms with E-state index in [1.165, 1.54) is 0 Å². The highest BCUT2D eigenvalue weighted by Crippen LogP contribution is 2.30. The number of rotatable bonds is 7. The zero-order chi connectivity index (χ0) is 15.1. The molecule has 1 atom stereocenters. The molecule has 1 aromatic rings. The molecular weight excluding hydrogens is 256 g/mol. The van der Waals surface area contributed by atoms with Crippen LogP contribution in [0.4, 0.5) is 5.69 Å². The average Bonchev–Trinajstić information content (AvgIpc) is 2.40. The Labute approximate surface area is 120 Å². The third kappa shape index (κ3) is 4.74. The zero-order valence-corrected chi connectivity index (χ0v) is 12.6. The summed E-state index contributed by atoms with van der Waals surface area (Å²) in [6.45, 7) is 6.46. The van der Waals surface area contributed by atoms with Gasteiger partial charge in [-0.1, -0.05) is 13.8 Å². The zero-order valence-electron chi connectivity index (χ0n) is 12.6. The van der Waals surface area contributed by atoms with E-state index in [0.717, 1.165) is 0 Å². The molecule has 5 heteroatoms. The number of anilines is 1. The van der Waals surface area contributed by atoms with Crippen molar-refractivity contribution in [3.63, 3.8) is 0 Å². The van der Waals surface area contributed by atoms with E-state index in [-0.39, 0.29) is 17.9 Å². The molecule has 1 aromatic carbocycles. The SMILES string of the molecule is CCOc1ccc(NC(=O)CC(N)C(C)C)cc1OC. The summed E-state index contributed by atoms with van der Waals surface area (Å²) in [5.41, 5.74) is 6.56. The van der Waals surface area contributed by atoms with Gasteiger partial charge < -0.3 is 20.5 Å². The van der Waals surface area contributed by atoms with Crippen molar-refractivity contribution >= 4 is 11.6 Å². The standard InChI is InChI=1S/C15H24N2O3/c1-5-20-13-7-6-11(8-14(13)19-4)17-15(18)9-12(16)10(2)3/h6-8,10,12H,5,9,16H2,1-4H3,(H,17,18). The van der Waals surface area contributed by atoms with Crippen LogP contribution in [-0.4, -0.2) is 25.7 Å². The minimum Gasteiger partial charge on any atom is -0.493 e. The summed E-state index contributed by atoms with van der Waals surface area (Å²) in [5.74, 6) is 1.43. The van der Waals surface area contributed by atoms with Crippen LogP contribution >= 0.6 is 0 Å². The van der Waals surface area contributed by atoms with E-state index < -0.39 is 0 Å². The maximum absolute atomic E-state index is 11.9. The van der Waals surface area contributed by atoms with Crippen molar-refractivity contribution in [1.82, 2.24) is 0 Å². The van der Waals surface area contributed by atoms with Gasteiger partial charge in [0.2, 0.25) is 5.91 Å². The molecule has 0 saturated carbocycles. The summed E-state index contributed by atoms with van der Waals surface area (Å²) in [4.78, 5) is 11.9. The quantitative estimate of drug-likeness (QED) is 0.804. The Kier molecular flexibility index (Phi) is 6.31. The first-order valence-electron chi connectivity index (χ1n) is 6.84. The largest absolute Gasteiger partial charge is 0.493 e. The van der Waals surface area contributed by atoms with Crippen LogP contribution in [0.3, 0.4) is 0 Å². The molecule has 0 aliphatic rings. The van der Waals surface area contributed by atoms with Gasteiger partial charge in [-0.3, -0.25) is 4.79 Å². The first kappa shape index (κ1) is 16.3. The molecule has 0 spiro atoms. The average molecular weight is 280 g/mol. The van der Waals surface area contributed by atoms with Crippen molar-refractivity contribution in [2.75, 3.05) is 19.0 Å². The maximum atomic E-state index is 11.9. The Balaban J connectivity index is 2.70. The maximum Gasteiger partial charge on any atom is 0.225 e. The van der Waals surface area contributed by atoms with E-state index in [9.17, 15) is 4.79 Å². The molecule has 1 unspecified atom stereocenters. The van der Waals surface area contributed by atoms with Crippen molar-refractivity contribution in [2.45, 2.75) is 33.2 Å². The first-order chi connectivity index (χ1) is 9.47. The van der Waals surface area contributed by atoms with Crippen molar-refractivity contribution < 1.29 is 14.3 Å². The Morgan fingerprint density at radius 1 is 1.35 bits per heavy atom. The second-order valence-corrected chi connectivity index (χ2v) is 4.96. The number of hydrogen-bond acceptors (Lipinski definition) is 4. The van der Waals surface area contributed by atoms with Crippen LogP contribution in [0.2, 0.25) is 0 Å².